The maximum absolute atomic E-state index is 11.4. The van der Waals surface area contributed by atoms with Gasteiger partial charge in [0.1, 0.15) is 5.75 Å². The van der Waals surface area contributed by atoms with Gasteiger partial charge in [0.05, 0.1) is 17.3 Å². The summed E-state index contributed by atoms with van der Waals surface area (Å²) in [5.74, 6) is 2.10. The normalized spacial score (nSPS) is 9.89. The number of rotatable bonds is 7. The third kappa shape index (κ3) is 5.14. The van der Waals surface area contributed by atoms with E-state index in [0.717, 1.165) is 21.5 Å². The summed E-state index contributed by atoms with van der Waals surface area (Å²) in [4.78, 5) is 11.4. The number of hydrogen-bond donors (Lipinski definition) is 1. The van der Waals surface area contributed by atoms with Gasteiger partial charge in [-0.1, -0.05) is 12.1 Å². The number of halogens is 1. The molecule has 1 rings (SSSR count). The fourth-order valence-corrected chi connectivity index (χ4v) is 2.69. The Morgan fingerprint density at radius 2 is 2.39 bits per heavy atom. The van der Waals surface area contributed by atoms with Gasteiger partial charge in [-0.3, -0.25) is 4.79 Å². The molecule has 0 bridgehead atoms. The zero-order chi connectivity index (χ0) is 13.4. The van der Waals surface area contributed by atoms with Crippen LogP contribution in [-0.2, 0) is 10.5 Å². The van der Waals surface area contributed by atoms with Crippen molar-refractivity contribution in [3.63, 3.8) is 0 Å². The average molecular weight is 330 g/mol. The van der Waals surface area contributed by atoms with Crippen molar-refractivity contribution < 1.29 is 9.53 Å². The number of methoxy groups -OCH3 is 1. The highest BCUT2D eigenvalue weighted by atomic mass is 79.9. The smallest absolute Gasteiger partial charge is 0.230 e. The van der Waals surface area contributed by atoms with Crippen molar-refractivity contribution in [2.24, 2.45) is 0 Å². The van der Waals surface area contributed by atoms with Crippen LogP contribution in [0.4, 0.5) is 0 Å². The summed E-state index contributed by atoms with van der Waals surface area (Å²) >= 11 is 5.02. The van der Waals surface area contributed by atoms with Crippen LogP contribution in [-0.4, -0.2) is 25.3 Å². The molecular weight excluding hydrogens is 314 g/mol. The van der Waals surface area contributed by atoms with Gasteiger partial charge < -0.3 is 10.1 Å². The molecule has 0 saturated carbocycles. The largest absolute Gasteiger partial charge is 0.496 e. The van der Waals surface area contributed by atoms with E-state index < -0.39 is 0 Å². The van der Waals surface area contributed by atoms with Gasteiger partial charge in [-0.15, -0.1) is 18.3 Å². The van der Waals surface area contributed by atoms with Crippen LogP contribution in [0.5, 0.6) is 5.75 Å². The highest BCUT2D eigenvalue weighted by Gasteiger charge is 2.03. The van der Waals surface area contributed by atoms with Gasteiger partial charge in [-0.2, -0.15) is 0 Å². The molecule has 3 nitrogen and oxygen atoms in total. The molecule has 98 valence electrons. The average Bonchev–Trinajstić information content (AvgIpc) is 2.36. The van der Waals surface area contributed by atoms with E-state index in [1.165, 1.54) is 0 Å². The second-order valence-corrected chi connectivity index (χ2v) is 5.39. The summed E-state index contributed by atoms with van der Waals surface area (Å²) in [5.41, 5.74) is 1.16. The number of hydrogen-bond acceptors (Lipinski definition) is 3. The van der Waals surface area contributed by atoms with Gasteiger partial charge in [0, 0.05) is 12.3 Å². The fourth-order valence-electron chi connectivity index (χ4n) is 1.30. The Morgan fingerprint density at radius 3 is 3.00 bits per heavy atom. The predicted molar refractivity (Wildman–Crippen MR) is 80.1 cm³/mol. The second kappa shape index (κ2) is 8.21. The molecule has 1 aromatic carbocycles. The molecule has 0 spiro atoms. The van der Waals surface area contributed by atoms with Crippen molar-refractivity contribution in [3.8, 4) is 5.75 Å². The molecule has 0 aromatic heterocycles. The quantitative estimate of drug-likeness (QED) is 0.781. The van der Waals surface area contributed by atoms with Crippen molar-refractivity contribution in [3.05, 3.63) is 40.9 Å². The zero-order valence-corrected chi connectivity index (χ0v) is 12.6. The third-order valence-electron chi connectivity index (χ3n) is 2.16. The van der Waals surface area contributed by atoms with Gasteiger partial charge >= 0.3 is 0 Å². The highest BCUT2D eigenvalue weighted by molar-refractivity contribution is 9.10. The molecule has 1 N–H and O–H groups in total. The Kier molecular flexibility index (Phi) is 6.90. The Balaban J connectivity index is 2.37. The van der Waals surface area contributed by atoms with Crippen LogP contribution in [0.15, 0.2) is 35.3 Å². The van der Waals surface area contributed by atoms with Gasteiger partial charge in [0.2, 0.25) is 5.91 Å². The predicted octanol–water partition coefficient (Wildman–Crippen LogP) is 2.99. The SMILES string of the molecule is C=CCNC(=O)CSCc1ccc(OC)c(Br)c1. The van der Waals surface area contributed by atoms with E-state index in [-0.39, 0.29) is 5.91 Å². The lowest BCUT2D eigenvalue weighted by molar-refractivity contribution is -0.118. The van der Waals surface area contributed by atoms with E-state index in [9.17, 15) is 4.79 Å². The molecule has 0 aliphatic carbocycles. The van der Waals surface area contributed by atoms with Crippen molar-refractivity contribution in [2.45, 2.75) is 5.75 Å². The first-order valence-electron chi connectivity index (χ1n) is 5.45. The summed E-state index contributed by atoms with van der Waals surface area (Å²) in [6.45, 7) is 4.07. The van der Waals surface area contributed by atoms with Gasteiger partial charge in [0.25, 0.3) is 0 Å². The van der Waals surface area contributed by atoms with E-state index >= 15 is 0 Å². The Labute approximate surface area is 120 Å². The number of amides is 1. The summed E-state index contributed by atoms with van der Waals surface area (Å²) in [6, 6.07) is 5.92. The van der Waals surface area contributed by atoms with Crippen molar-refractivity contribution in [1.82, 2.24) is 5.32 Å². The van der Waals surface area contributed by atoms with Crippen molar-refractivity contribution >= 4 is 33.6 Å². The molecule has 0 atom stereocenters. The molecule has 5 heteroatoms. The van der Waals surface area contributed by atoms with Crippen LogP contribution in [0.2, 0.25) is 0 Å². The first-order chi connectivity index (χ1) is 8.67. The molecule has 0 unspecified atom stereocenters. The van der Waals surface area contributed by atoms with Crippen molar-refractivity contribution in [1.29, 1.82) is 0 Å². The summed E-state index contributed by atoms with van der Waals surface area (Å²) in [6.07, 6.45) is 1.67. The molecule has 0 aliphatic rings. The number of nitrogens with one attached hydrogen (secondary N) is 1. The van der Waals surface area contributed by atoms with E-state index in [4.69, 9.17) is 4.74 Å². The monoisotopic (exact) mass is 329 g/mol. The second-order valence-electron chi connectivity index (χ2n) is 3.55. The van der Waals surface area contributed by atoms with Crippen LogP contribution in [0.25, 0.3) is 0 Å². The minimum Gasteiger partial charge on any atom is -0.496 e. The lowest BCUT2D eigenvalue weighted by atomic mass is 10.2. The third-order valence-corrected chi connectivity index (χ3v) is 3.79. The molecule has 0 saturated heterocycles. The topological polar surface area (TPSA) is 38.3 Å². The molecule has 1 amide bonds. The minimum atomic E-state index is 0.0347. The number of ether oxygens (including phenoxy) is 1. The summed E-state index contributed by atoms with van der Waals surface area (Å²) in [5, 5.41) is 2.74. The summed E-state index contributed by atoms with van der Waals surface area (Å²) < 4.78 is 6.09. The standard InChI is InChI=1S/C13H16BrNO2S/c1-3-6-15-13(16)9-18-8-10-4-5-12(17-2)11(14)7-10/h3-5,7H,1,6,8-9H2,2H3,(H,15,16). The van der Waals surface area contributed by atoms with E-state index in [1.54, 1.807) is 24.9 Å². The van der Waals surface area contributed by atoms with Crippen LogP contribution >= 0.6 is 27.7 Å². The Morgan fingerprint density at radius 1 is 1.61 bits per heavy atom. The number of carbonyl (C=O) groups is 1. The van der Waals surface area contributed by atoms with E-state index in [0.29, 0.717) is 12.3 Å². The van der Waals surface area contributed by atoms with E-state index in [1.807, 2.05) is 18.2 Å². The number of benzene rings is 1. The first-order valence-corrected chi connectivity index (χ1v) is 7.40. The molecule has 0 heterocycles. The molecule has 1 aromatic rings. The van der Waals surface area contributed by atoms with Crippen molar-refractivity contribution in [2.75, 3.05) is 19.4 Å². The Bertz CT molecular complexity index is 423. The number of carbonyl (C=O) groups excluding carboxylic acids is 1. The fraction of sp³-hybridized carbons (Fsp3) is 0.308. The maximum Gasteiger partial charge on any atom is 0.230 e. The van der Waals surface area contributed by atoms with Gasteiger partial charge in [-0.25, -0.2) is 0 Å². The number of thioether (sulfide) groups is 1. The molecular formula is C13H16BrNO2S. The lowest BCUT2D eigenvalue weighted by Gasteiger charge is -2.06. The lowest BCUT2D eigenvalue weighted by Crippen LogP contribution is -2.24. The van der Waals surface area contributed by atoms with E-state index in [2.05, 4.69) is 27.8 Å². The molecule has 0 fully saturated rings. The molecule has 18 heavy (non-hydrogen) atoms. The van der Waals surface area contributed by atoms with Crippen LogP contribution in [0.1, 0.15) is 5.56 Å². The zero-order valence-electron chi connectivity index (χ0n) is 10.2. The minimum absolute atomic E-state index is 0.0347. The molecule has 0 radical (unpaired) electrons. The molecule has 0 aliphatic heterocycles. The van der Waals surface area contributed by atoms with Gasteiger partial charge in [-0.05, 0) is 33.6 Å². The van der Waals surface area contributed by atoms with Crippen LogP contribution < -0.4 is 10.1 Å². The summed E-state index contributed by atoms with van der Waals surface area (Å²) in [7, 11) is 1.64. The highest BCUT2D eigenvalue weighted by Crippen LogP contribution is 2.27. The first kappa shape index (κ1) is 15.1. The van der Waals surface area contributed by atoms with Crippen LogP contribution in [0.3, 0.4) is 0 Å². The van der Waals surface area contributed by atoms with Crippen LogP contribution in [0, 0.1) is 0 Å². The van der Waals surface area contributed by atoms with Gasteiger partial charge in [0.15, 0.2) is 0 Å². The Hall–Kier alpha value is -0.940. The maximum atomic E-state index is 11.4.